The molecule has 1 aliphatic heterocycles. The van der Waals surface area contributed by atoms with E-state index < -0.39 is 29.8 Å². The largest absolute Gasteiger partial charge is 0.480 e. The molecule has 150 valence electrons. The summed E-state index contributed by atoms with van der Waals surface area (Å²) in [7, 11) is 0. The van der Waals surface area contributed by atoms with Gasteiger partial charge in [0.15, 0.2) is 0 Å². The standard InChI is InChI=1S/C18H24F3N3O3/c1-3-12(2)15(16(25)26)22-17(27)24-9-7-23(8-10-24)14-6-4-5-13(11-14)18(19,20)21/h4-6,11-12,15H,3,7-10H2,1-2H3,(H,22,27)(H,25,26)/t12-,15+/m1/s1. The Morgan fingerprint density at radius 1 is 1.22 bits per heavy atom. The summed E-state index contributed by atoms with van der Waals surface area (Å²) in [6.45, 7) is 4.95. The van der Waals surface area contributed by atoms with E-state index in [2.05, 4.69) is 5.32 Å². The lowest BCUT2D eigenvalue weighted by Crippen LogP contribution is -2.55. The first-order valence-electron chi connectivity index (χ1n) is 8.84. The van der Waals surface area contributed by atoms with Crippen LogP contribution in [0, 0.1) is 5.92 Å². The maximum absolute atomic E-state index is 12.9. The monoisotopic (exact) mass is 387 g/mol. The second kappa shape index (κ2) is 8.49. The summed E-state index contributed by atoms with van der Waals surface area (Å²) in [5.41, 5.74) is -0.258. The number of carboxylic acid groups (broad SMARTS) is 1. The SMILES string of the molecule is CC[C@@H](C)[C@H](NC(=O)N1CCN(c2cccc(C(F)(F)F)c2)CC1)C(=O)O. The Morgan fingerprint density at radius 2 is 1.85 bits per heavy atom. The smallest absolute Gasteiger partial charge is 0.416 e. The van der Waals surface area contributed by atoms with E-state index in [0.717, 1.165) is 12.1 Å². The van der Waals surface area contributed by atoms with Crippen LogP contribution >= 0.6 is 0 Å². The highest BCUT2D eigenvalue weighted by atomic mass is 19.4. The topological polar surface area (TPSA) is 72.9 Å². The zero-order chi connectivity index (χ0) is 20.2. The molecule has 0 unspecified atom stereocenters. The number of piperazine rings is 1. The molecular formula is C18H24F3N3O3. The van der Waals surface area contributed by atoms with Crippen molar-refractivity contribution in [3.63, 3.8) is 0 Å². The summed E-state index contributed by atoms with van der Waals surface area (Å²) < 4.78 is 38.6. The number of carbonyl (C=O) groups excluding carboxylic acids is 1. The third-order valence-electron chi connectivity index (χ3n) is 4.86. The molecule has 0 aliphatic carbocycles. The van der Waals surface area contributed by atoms with Crippen molar-refractivity contribution < 1.29 is 27.9 Å². The number of hydrogen-bond donors (Lipinski definition) is 2. The Balaban J connectivity index is 1.97. The molecular weight excluding hydrogens is 363 g/mol. The first-order valence-corrected chi connectivity index (χ1v) is 8.84. The van der Waals surface area contributed by atoms with E-state index >= 15 is 0 Å². The highest BCUT2D eigenvalue weighted by Gasteiger charge is 2.32. The van der Waals surface area contributed by atoms with Crippen LogP contribution in [0.1, 0.15) is 25.8 Å². The lowest BCUT2D eigenvalue weighted by atomic mass is 9.99. The summed E-state index contributed by atoms with van der Waals surface area (Å²) in [4.78, 5) is 26.9. The van der Waals surface area contributed by atoms with Crippen LogP contribution in [0.15, 0.2) is 24.3 Å². The van der Waals surface area contributed by atoms with Crippen LogP contribution in [-0.4, -0.2) is 54.2 Å². The van der Waals surface area contributed by atoms with Gasteiger partial charge in [0.2, 0.25) is 0 Å². The molecule has 0 aromatic heterocycles. The molecule has 2 amide bonds. The summed E-state index contributed by atoms with van der Waals surface area (Å²) in [6, 6.07) is 3.65. The van der Waals surface area contributed by atoms with E-state index in [1.54, 1.807) is 17.9 Å². The first-order chi connectivity index (χ1) is 12.6. The van der Waals surface area contributed by atoms with Crippen LogP contribution in [0.25, 0.3) is 0 Å². The van der Waals surface area contributed by atoms with Gasteiger partial charge in [-0.2, -0.15) is 13.2 Å². The molecule has 1 fully saturated rings. The van der Waals surface area contributed by atoms with E-state index in [1.165, 1.54) is 11.0 Å². The number of nitrogens with zero attached hydrogens (tertiary/aromatic N) is 2. The average Bonchev–Trinajstić information content (AvgIpc) is 2.64. The average molecular weight is 387 g/mol. The van der Waals surface area contributed by atoms with Crippen molar-refractivity contribution in [2.45, 2.75) is 32.5 Å². The van der Waals surface area contributed by atoms with Crippen LogP contribution in [-0.2, 0) is 11.0 Å². The maximum atomic E-state index is 12.9. The molecule has 2 atom stereocenters. The van der Waals surface area contributed by atoms with Gasteiger partial charge in [0.05, 0.1) is 5.56 Å². The number of carbonyl (C=O) groups is 2. The number of carboxylic acids is 1. The molecule has 0 spiro atoms. The number of aliphatic carboxylic acids is 1. The molecule has 6 nitrogen and oxygen atoms in total. The predicted molar refractivity (Wildman–Crippen MR) is 94.6 cm³/mol. The van der Waals surface area contributed by atoms with E-state index in [1.807, 2.05) is 6.92 Å². The number of alkyl halides is 3. The van der Waals surface area contributed by atoms with E-state index in [-0.39, 0.29) is 5.92 Å². The van der Waals surface area contributed by atoms with Crippen molar-refractivity contribution in [3.05, 3.63) is 29.8 Å². The van der Waals surface area contributed by atoms with E-state index in [9.17, 15) is 27.9 Å². The number of halogens is 3. The van der Waals surface area contributed by atoms with Crippen molar-refractivity contribution in [1.29, 1.82) is 0 Å². The van der Waals surface area contributed by atoms with Gasteiger partial charge in [-0.3, -0.25) is 0 Å². The number of benzene rings is 1. The number of urea groups is 1. The second-order valence-corrected chi connectivity index (χ2v) is 6.67. The molecule has 2 rings (SSSR count). The Morgan fingerprint density at radius 3 is 2.37 bits per heavy atom. The predicted octanol–water partition coefficient (Wildman–Crippen LogP) is 3.04. The molecule has 27 heavy (non-hydrogen) atoms. The van der Waals surface area contributed by atoms with Gasteiger partial charge >= 0.3 is 18.2 Å². The zero-order valence-corrected chi connectivity index (χ0v) is 15.3. The number of hydrogen-bond acceptors (Lipinski definition) is 3. The zero-order valence-electron chi connectivity index (χ0n) is 15.3. The van der Waals surface area contributed by atoms with Crippen LogP contribution in [0.5, 0.6) is 0 Å². The minimum Gasteiger partial charge on any atom is -0.480 e. The summed E-state index contributed by atoms with van der Waals surface area (Å²) in [5.74, 6) is -1.29. The fraction of sp³-hybridized carbons (Fsp3) is 0.556. The Hall–Kier alpha value is -2.45. The van der Waals surface area contributed by atoms with Gasteiger partial charge in [0.25, 0.3) is 0 Å². The fourth-order valence-electron chi connectivity index (χ4n) is 2.95. The van der Waals surface area contributed by atoms with Crippen molar-refractivity contribution >= 4 is 17.7 Å². The van der Waals surface area contributed by atoms with E-state index in [4.69, 9.17) is 0 Å². The van der Waals surface area contributed by atoms with Gasteiger partial charge < -0.3 is 20.2 Å². The quantitative estimate of drug-likeness (QED) is 0.815. The second-order valence-electron chi connectivity index (χ2n) is 6.67. The highest BCUT2D eigenvalue weighted by molar-refractivity contribution is 5.83. The Kier molecular flexibility index (Phi) is 6.56. The molecule has 0 bridgehead atoms. The minimum atomic E-state index is -4.40. The summed E-state index contributed by atoms with van der Waals surface area (Å²) >= 11 is 0. The fourth-order valence-corrected chi connectivity index (χ4v) is 2.95. The van der Waals surface area contributed by atoms with Crippen LogP contribution in [0.3, 0.4) is 0 Å². The number of nitrogens with one attached hydrogen (secondary N) is 1. The molecule has 1 aliphatic rings. The molecule has 1 aromatic rings. The Bertz CT molecular complexity index is 673. The highest BCUT2D eigenvalue weighted by Crippen LogP contribution is 2.31. The third-order valence-corrected chi connectivity index (χ3v) is 4.86. The maximum Gasteiger partial charge on any atom is 0.416 e. The van der Waals surface area contributed by atoms with Crippen molar-refractivity contribution in [3.8, 4) is 0 Å². The van der Waals surface area contributed by atoms with Crippen molar-refractivity contribution in [2.24, 2.45) is 5.92 Å². The van der Waals surface area contributed by atoms with E-state index in [0.29, 0.717) is 38.3 Å². The van der Waals surface area contributed by atoms with Gasteiger partial charge in [-0.1, -0.05) is 26.3 Å². The lowest BCUT2D eigenvalue weighted by molar-refractivity contribution is -0.140. The van der Waals surface area contributed by atoms with Crippen LogP contribution in [0.4, 0.5) is 23.7 Å². The summed E-state index contributed by atoms with van der Waals surface area (Å²) in [6.07, 6.45) is -3.79. The molecule has 1 saturated heterocycles. The lowest BCUT2D eigenvalue weighted by Gasteiger charge is -2.37. The number of anilines is 1. The first kappa shape index (κ1) is 20.9. The molecule has 1 aromatic carbocycles. The normalized spacial score (nSPS) is 17.4. The minimum absolute atomic E-state index is 0.210. The molecule has 0 radical (unpaired) electrons. The third kappa shape index (κ3) is 5.27. The van der Waals surface area contributed by atoms with Crippen molar-refractivity contribution in [2.75, 3.05) is 31.1 Å². The van der Waals surface area contributed by atoms with Gasteiger partial charge in [0, 0.05) is 31.9 Å². The van der Waals surface area contributed by atoms with Crippen LogP contribution < -0.4 is 10.2 Å². The molecule has 0 saturated carbocycles. The van der Waals surface area contributed by atoms with Crippen LogP contribution in [0.2, 0.25) is 0 Å². The van der Waals surface area contributed by atoms with Gasteiger partial charge in [0.1, 0.15) is 6.04 Å². The van der Waals surface area contributed by atoms with Gasteiger partial charge in [-0.05, 0) is 24.1 Å². The Labute approximate surface area is 155 Å². The van der Waals surface area contributed by atoms with Gasteiger partial charge in [-0.15, -0.1) is 0 Å². The van der Waals surface area contributed by atoms with Gasteiger partial charge in [-0.25, -0.2) is 9.59 Å². The summed E-state index contributed by atoms with van der Waals surface area (Å²) in [5, 5.41) is 11.8. The van der Waals surface area contributed by atoms with Crippen molar-refractivity contribution in [1.82, 2.24) is 10.2 Å². The number of rotatable bonds is 5. The molecule has 9 heteroatoms. The number of amides is 2. The molecule has 1 heterocycles. The molecule has 2 N–H and O–H groups in total.